The van der Waals surface area contributed by atoms with Gasteiger partial charge in [-0.15, -0.1) is 0 Å². The third-order valence-electron chi connectivity index (χ3n) is 5.24. The van der Waals surface area contributed by atoms with Gasteiger partial charge in [-0.1, -0.05) is 18.2 Å². The number of aromatic hydroxyl groups is 1. The number of para-hydroxylation sites is 1. The van der Waals surface area contributed by atoms with Gasteiger partial charge in [-0.25, -0.2) is 0 Å². The van der Waals surface area contributed by atoms with Gasteiger partial charge in [0, 0.05) is 29.4 Å². The molecule has 0 saturated heterocycles. The minimum Gasteiger partial charge on any atom is -0.506 e. The molecule has 0 bridgehead atoms. The average molecular weight is 363 g/mol. The largest absolute Gasteiger partial charge is 0.506 e. The van der Waals surface area contributed by atoms with E-state index in [-0.39, 0.29) is 11.3 Å². The van der Waals surface area contributed by atoms with Crippen LogP contribution in [0.4, 0.5) is 11.4 Å². The lowest BCUT2D eigenvalue weighted by Gasteiger charge is -2.24. The Morgan fingerprint density at radius 3 is 2.85 bits per heavy atom. The van der Waals surface area contributed by atoms with E-state index in [4.69, 9.17) is 10.5 Å². The third-order valence-corrected chi connectivity index (χ3v) is 5.24. The Labute approximate surface area is 154 Å². The predicted molar refractivity (Wildman–Crippen MR) is 102 cm³/mol. The summed E-state index contributed by atoms with van der Waals surface area (Å²) in [5.74, 6) is -0.405. The highest BCUT2D eigenvalue weighted by atomic mass is 16.5. The van der Waals surface area contributed by atoms with Gasteiger partial charge >= 0.3 is 0 Å². The number of nitrogens with zero attached hydrogens (tertiary/aromatic N) is 2. The molecule has 1 amide bonds. The molecule has 2 aliphatic rings. The molecule has 0 atom stereocenters. The fourth-order valence-corrected chi connectivity index (χ4v) is 4.01. The van der Waals surface area contributed by atoms with Gasteiger partial charge in [-0.05, 0) is 24.1 Å². The van der Waals surface area contributed by atoms with Gasteiger partial charge in [0.25, 0.3) is 11.5 Å². The van der Waals surface area contributed by atoms with Gasteiger partial charge in [0.15, 0.2) is 0 Å². The minimum atomic E-state index is -0.510. The number of carbonyl (C=O) groups excluding carboxylic acids is 1. The van der Waals surface area contributed by atoms with Gasteiger partial charge < -0.3 is 25.0 Å². The van der Waals surface area contributed by atoms with E-state index in [0.717, 1.165) is 17.7 Å². The number of benzene rings is 2. The van der Waals surface area contributed by atoms with E-state index in [1.54, 1.807) is 17.0 Å². The molecule has 3 heterocycles. The zero-order valence-electron chi connectivity index (χ0n) is 14.4. The SMILES string of the molecule is Nc1cc2c3c(c1)c(O)c(C(=O)N1CCc4ccccc41)c(=O)n3CCO2. The van der Waals surface area contributed by atoms with Crippen molar-refractivity contribution < 1.29 is 14.6 Å². The molecule has 2 aliphatic heterocycles. The van der Waals surface area contributed by atoms with Crippen molar-refractivity contribution in [2.75, 3.05) is 23.8 Å². The maximum atomic E-state index is 13.2. The first-order valence-corrected chi connectivity index (χ1v) is 8.78. The maximum Gasteiger partial charge on any atom is 0.267 e. The number of nitrogen functional groups attached to an aromatic ring is 1. The van der Waals surface area contributed by atoms with Gasteiger partial charge in [0.2, 0.25) is 0 Å². The first kappa shape index (κ1) is 15.7. The second-order valence-corrected chi connectivity index (χ2v) is 6.78. The molecule has 136 valence electrons. The van der Waals surface area contributed by atoms with Crippen LogP contribution in [0, 0.1) is 0 Å². The van der Waals surface area contributed by atoms with Crippen molar-refractivity contribution in [1.29, 1.82) is 0 Å². The van der Waals surface area contributed by atoms with Crippen molar-refractivity contribution >= 4 is 28.2 Å². The molecule has 3 N–H and O–H groups in total. The van der Waals surface area contributed by atoms with Crippen molar-refractivity contribution in [3.8, 4) is 11.5 Å². The topological polar surface area (TPSA) is 97.8 Å². The lowest BCUT2D eigenvalue weighted by atomic mass is 10.1. The van der Waals surface area contributed by atoms with Crippen molar-refractivity contribution in [1.82, 2.24) is 4.57 Å². The fraction of sp³-hybridized carbons (Fsp3) is 0.200. The van der Waals surface area contributed by atoms with Gasteiger partial charge in [0.1, 0.15) is 23.7 Å². The summed E-state index contributed by atoms with van der Waals surface area (Å²) >= 11 is 0. The van der Waals surface area contributed by atoms with Gasteiger partial charge in [0.05, 0.1) is 12.1 Å². The molecule has 27 heavy (non-hydrogen) atoms. The number of hydrogen-bond donors (Lipinski definition) is 2. The second-order valence-electron chi connectivity index (χ2n) is 6.78. The van der Waals surface area contributed by atoms with E-state index in [0.29, 0.717) is 42.0 Å². The summed E-state index contributed by atoms with van der Waals surface area (Å²) in [5, 5.41) is 11.2. The molecule has 0 spiro atoms. The number of pyridine rings is 1. The van der Waals surface area contributed by atoms with Crippen molar-refractivity contribution in [2.24, 2.45) is 0 Å². The molecule has 7 nitrogen and oxygen atoms in total. The molecule has 0 radical (unpaired) electrons. The Morgan fingerprint density at radius 1 is 1.19 bits per heavy atom. The van der Waals surface area contributed by atoms with Crippen molar-refractivity contribution in [3.63, 3.8) is 0 Å². The van der Waals surface area contributed by atoms with E-state index < -0.39 is 11.5 Å². The quantitative estimate of drug-likeness (QED) is 0.644. The van der Waals surface area contributed by atoms with Crippen molar-refractivity contribution in [2.45, 2.75) is 13.0 Å². The number of ether oxygens (including phenoxy) is 1. The molecule has 5 rings (SSSR count). The Bertz CT molecular complexity index is 1180. The molecule has 0 saturated carbocycles. The van der Waals surface area contributed by atoms with Crippen molar-refractivity contribution in [3.05, 3.63) is 57.9 Å². The summed E-state index contributed by atoms with van der Waals surface area (Å²) in [6.07, 6.45) is 0.718. The van der Waals surface area contributed by atoms with Crippen LogP contribution >= 0.6 is 0 Å². The maximum absolute atomic E-state index is 13.2. The predicted octanol–water partition coefficient (Wildman–Crippen LogP) is 1.88. The molecule has 2 aromatic carbocycles. The smallest absolute Gasteiger partial charge is 0.267 e. The molecule has 0 fully saturated rings. The van der Waals surface area contributed by atoms with Crippen LogP contribution in [0.5, 0.6) is 11.5 Å². The summed E-state index contributed by atoms with van der Waals surface area (Å²) in [7, 11) is 0. The average Bonchev–Trinajstić information content (AvgIpc) is 3.09. The molecular weight excluding hydrogens is 346 g/mol. The molecule has 0 unspecified atom stereocenters. The lowest BCUT2D eigenvalue weighted by molar-refractivity contribution is 0.0984. The summed E-state index contributed by atoms with van der Waals surface area (Å²) < 4.78 is 7.08. The van der Waals surface area contributed by atoms with E-state index in [1.807, 2.05) is 24.3 Å². The normalized spacial score (nSPS) is 14.9. The van der Waals surface area contributed by atoms with Crippen LogP contribution in [0.25, 0.3) is 10.9 Å². The molecule has 0 aliphatic carbocycles. The number of anilines is 2. The molecule has 3 aromatic rings. The highest BCUT2D eigenvalue weighted by molar-refractivity contribution is 6.12. The van der Waals surface area contributed by atoms with Gasteiger partial charge in [-0.3, -0.25) is 9.59 Å². The molecular formula is C20H17N3O4. The number of rotatable bonds is 1. The summed E-state index contributed by atoms with van der Waals surface area (Å²) in [6.45, 7) is 1.08. The van der Waals surface area contributed by atoms with Crippen LogP contribution in [0.3, 0.4) is 0 Å². The Hall–Kier alpha value is -3.48. The highest BCUT2D eigenvalue weighted by Crippen LogP contribution is 2.38. The Balaban J connectivity index is 1.75. The monoisotopic (exact) mass is 363 g/mol. The van der Waals surface area contributed by atoms with Crippen LogP contribution in [0.15, 0.2) is 41.2 Å². The first-order chi connectivity index (χ1) is 13.1. The summed E-state index contributed by atoms with van der Waals surface area (Å²) in [5.41, 5.74) is 7.87. The number of amides is 1. The number of hydrogen-bond acceptors (Lipinski definition) is 5. The van der Waals surface area contributed by atoms with Gasteiger partial charge in [-0.2, -0.15) is 0 Å². The minimum absolute atomic E-state index is 0.224. The Morgan fingerprint density at radius 2 is 2.00 bits per heavy atom. The lowest BCUT2D eigenvalue weighted by Crippen LogP contribution is -2.37. The standard InChI is InChI=1S/C20H17N3O4/c21-12-9-13-17-15(10-12)27-8-7-23(17)20(26)16(18(13)24)19(25)22-6-5-11-3-1-2-4-14(11)22/h1-4,9-10,24H,5-8,21H2. The van der Waals surface area contributed by atoms with E-state index in [1.165, 1.54) is 4.57 Å². The summed E-state index contributed by atoms with van der Waals surface area (Å²) in [6, 6.07) is 10.8. The zero-order valence-corrected chi connectivity index (χ0v) is 14.4. The van der Waals surface area contributed by atoms with Crippen LogP contribution in [0.1, 0.15) is 15.9 Å². The van der Waals surface area contributed by atoms with E-state index in [9.17, 15) is 14.7 Å². The van der Waals surface area contributed by atoms with Crippen LogP contribution in [0.2, 0.25) is 0 Å². The molecule has 1 aromatic heterocycles. The van der Waals surface area contributed by atoms with E-state index >= 15 is 0 Å². The Kier molecular flexibility index (Phi) is 3.21. The number of nitrogens with two attached hydrogens (primary N) is 1. The zero-order chi connectivity index (χ0) is 18.7. The fourth-order valence-electron chi connectivity index (χ4n) is 4.01. The molecule has 7 heteroatoms. The summed E-state index contributed by atoms with van der Waals surface area (Å²) in [4.78, 5) is 27.9. The number of aromatic nitrogens is 1. The number of carbonyl (C=O) groups is 1. The third kappa shape index (κ3) is 2.14. The van der Waals surface area contributed by atoms with E-state index in [2.05, 4.69) is 0 Å². The second kappa shape index (κ2) is 5.51. The number of fused-ring (bicyclic) bond motifs is 1. The van der Waals surface area contributed by atoms with Crippen LogP contribution in [-0.4, -0.2) is 28.7 Å². The van der Waals surface area contributed by atoms with Crippen LogP contribution in [-0.2, 0) is 13.0 Å². The first-order valence-electron chi connectivity index (χ1n) is 8.78. The van der Waals surface area contributed by atoms with Crippen LogP contribution < -0.4 is 20.9 Å². The highest BCUT2D eigenvalue weighted by Gasteiger charge is 2.32.